The molecule has 0 bridgehead atoms. The molecule has 0 aliphatic rings. The molecule has 1 amide bonds. The number of hydrogen-bond acceptors (Lipinski definition) is 4. The molecule has 0 unspecified atom stereocenters. The van der Waals surface area contributed by atoms with Gasteiger partial charge in [-0.05, 0) is 42.3 Å². The molecular weight excluding hydrogens is 384 g/mol. The number of phenolic OH excluding ortho intramolecular Hbond substituents is 1. The second-order valence-corrected chi connectivity index (χ2v) is 6.14. The van der Waals surface area contributed by atoms with E-state index in [9.17, 15) is 15.2 Å². The average molecular weight is 401 g/mol. The second-order valence-electron chi connectivity index (χ2n) is 5.22. The number of ether oxygens (including phenoxy) is 1. The Balaban J connectivity index is 2.29. The van der Waals surface area contributed by atoms with Crippen LogP contribution in [0.2, 0.25) is 0 Å². The normalized spacial score (nSPS) is 10.9. The Morgan fingerprint density at radius 1 is 1.36 bits per heavy atom. The van der Waals surface area contributed by atoms with E-state index < -0.39 is 5.91 Å². The zero-order valence-corrected chi connectivity index (χ0v) is 15.4. The van der Waals surface area contributed by atoms with Crippen molar-refractivity contribution < 1.29 is 14.6 Å². The number of methoxy groups -OCH3 is 1. The SMILES string of the molecule is CCc1ccc(NC(=O)C(C#N)=Cc2cc(Br)cc(OC)c2O)cc1. The molecule has 0 radical (unpaired) electrons. The molecule has 0 heterocycles. The summed E-state index contributed by atoms with van der Waals surface area (Å²) in [6.07, 6.45) is 2.22. The van der Waals surface area contributed by atoms with Crippen LogP contribution in [0, 0.1) is 11.3 Å². The zero-order chi connectivity index (χ0) is 18.4. The summed E-state index contributed by atoms with van der Waals surface area (Å²) in [5.74, 6) is -0.447. The summed E-state index contributed by atoms with van der Waals surface area (Å²) in [4.78, 5) is 12.3. The Kier molecular flexibility index (Phi) is 6.20. The lowest BCUT2D eigenvalue weighted by Gasteiger charge is -2.08. The lowest BCUT2D eigenvalue weighted by atomic mass is 10.1. The summed E-state index contributed by atoms with van der Waals surface area (Å²) in [6, 6.07) is 12.4. The van der Waals surface area contributed by atoms with Gasteiger partial charge in [-0.15, -0.1) is 0 Å². The van der Waals surface area contributed by atoms with Gasteiger partial charge in [0.2, 0.25) is 0 Å². The van der Waals surface area contributed by atoms with Gasteiger partial charge in [-0.1, -0.05) is 35.0 Å². The van der Waals surface area contributed by atoms with Crippen molar-refractivity contribution in [1.29, 1.82) is 5.26 Å². The van der Waals surface area contributed by atoms with Crippen molar-refractivity contribution in [2.45, 2.75) is 13.3 Å². The minimum atomic E-state index is -0.551. The monoisotopic (exact) mass is 400 g/mol. The van der Waals surface area contributed by atoms with Gasteiger partial charge < -0.3 is 15.2 Å². The van der Waals surface area contributed by atoms with E-state index in [1.807, 2.05) is 25.1 Å². The maximum atomic E-state index is 12.3. The van der Waals surface area contributed by atoms with Crippen molar-refractivity contribution in [2.75, 3.05) is 12.4 Å². The molecule has 0 spiro atoms. The van der Waals surface area contributed by atoms with Gasteiger partial charge in [0, 0.05) is 15.7 Å². The van der Waals surface area contributed by atoms with E-state index >= 15 is 0 Å². The molecule has 0 saturated carbocycles. The van der Waals surface area contributed by atoms with Gasteiger partial charge in [-0.25, -0.2) is 0 Å². The van der Waals surface area contributed by atoms with Crippen molar-refractivity contribution in [2.24, 2.45) is 0 Å². The fourth-order valence-corrected chi connectivity index (χ4v) is 2.64. The van der Waals surface area contributed by atoms with Crippen LogP contribution in [-0.2, 0) is 11.2 Å². The summed E-state index contributed by atoms with van der Waals surface area (Å²) in [5, 5.41) is 22.1. The first-order chi connectivity index (χ1) is 12.0. The number of hydrogen-bond donors (Lipinski definition) is 2. The molecule has 2 rings (SSSR count). The predicted octanol–water partition coefficient (Wildman–Crippen LogP) is 4.27. The number of halogens is 1. The first kappa shape index (κ1) is 18.6. The van der Waals surface area contributed by atoms with Crippen molar-refractivity contribution in [3.8, 4) is 17.6 Å². The maximum absolute atomic E-state index is 12.3. The third-order valence-corrected chi connectivity index (χ3v) is 4.03. The number of carbonyl (C=O) groups excluding carboxylic acids is 1. The van der Waals surface area contributed by atoms with E-state index in [1.54, 1.807) is 24.3 Å². The first-order valence-electron chi connectivity index (χ1n) is 7.57. The highest BCUT2D eigenvalue weighted by Crippen LogP contribution is 2.34. The summed E-state index contributed by atoms with van der Waals surface area (Å²) in [7, 11) is 1.42. The lowest BCUT2D eigenvalue weighted by molar-refractivity contribution is -0.112. The first-order valence-corrected chi connectivity index (χ1v) is 8.36. The van der Waals surface area contributed by atoms with E-state index in [4.69, 9.17) is 4.74 Å². The second kappa shape index (κ2) is 8.36. The quantitative estimate of drug-likeness (QED) is 0.579. The van der Waals surface area contributed by atoms with E-state index in [1.165, 1.54) is 13.2 Å². The fraction of sp³-hybridized carbons (Fsp3) is 0.158. The number of amides is 1. The molecule has 25 heavy (non-hydrogen) atoms. The average Bonchev–Trinajstić information content (AvgIpc) is 2.62. The third kappa shape index (κ3) is 4.61. The molecule has 2 aromatic rings. The number of nitrogens with one attached hydrogen (secondary N) is 1. The highest BCUT2D eigenvalue weighted by Gasteiger charge is 2.13. The maximum Gasteiger partial charge on any atom is 0.266 e. The number of rotatable bonds is 5. The van der Waals surface area contributed by atoms with Crippen LogP contribution in [0.4, 0.5) is 5.69 Å². The Bertz CT molecular complexity index is 852. The largest absolute Gasteiger partial charge is 0.504 e. The van der Waals surface area contributed by atoms with Gasteiger partial charge in [0.25, 0.3) is 5.91 Å². The molecule has 6 heteroatoms. The lowest BCUT2D eigenvalue weighted by Crippen LogP contribution is -2.13. The third-order valence-electron chi connectivity index (χ3n) is 3.57. The molecule has 0 aliphatic carbocycles. The van der Waals surface area contributed by atoms with Gasteiger partial charge in [-0.2, -0.15) is 5.26 Å². The molecule has 0 fully saturated rings. The van der Waals surface area contributed by atoms with Crippen LogP contribution in [0.1, 0.15) is 18.1 Å². The van der Waals surface area contributed by atoms with Crippen molar-refractivity contribution in [3.05, 3.63) is 57.6 Å². The van der Waals surface area contributed by atoms with Crippen LogP contribution in [-0.4, -0.2) is 18.1 Å². The Labute approximate surface area is 154 Å². The molecule has 2 aromatic carbocycles. The van der Waals surface area contributed by atoms with Gasteiger partial charge >= 0.3 is 0 Å². The predicted molar refractivity (Wildman–Crippen MR) is 100 cm³/mol. The molecule has 2 N–H and O–H groups in total. The molecular formula is C19H17BrN2O3. The highest BCUT2D eigenvalue weighted by molar-refractivity contribution is 9.10. The van der Waals surface area contributed by atoms with Gasteiger partial charge in [0.15, 0.2) is 11.5 Å². The molecule has 0 aliphatic heterocycles. The fourth-order valence-electron chi connectivity index (χ4n) is 2.19. The Morgan fingerprint density at radius 2 is 2.04 bits per heavy atom. The highest BCUT2D eigenvalue weighted by atomic mass is 79.9. The van der Waals surface area contributed by atoms with E-state index in [0.717, 1.165) is 12.0 Å². The minimum Gasteiger partial charge on any atom is -0.504 e. The van der Waals surface area contributed by atoms with Crippen LogP contribution in [0.3, 0.4) is 0 Å². The summed E-state index contributed by atoms with van der Waals surface area (Å²) < 4.78 is 5.72. The number of carbonyl (C=O) groups is 1. The number of phenols is 1. The van der Waals surface area contributed by atoms with Crippen LogP contribution < -0.4 is 10.1 Å². The Morgan fingerprint density at radius 3 is 2.60 bits per heavy atom. The smallest absolute Gasteiger partial charge is 0.266 e. The van der Waals surface area contributed by atoms with Gasteiger partial charge in [0.05, 0.1) is 7.11 Å². The topological polar surface area (TPSA) is 82.4 Å². The number of aromatic hydroxyl groups is 1. The zero-order valence-electron chi connectivity index (χ0n) is 13.8. The Hall–Kier alpha value is -2.78. The van der Waals surface area contributed by atoms with Crippen LogP contribution >= 0.6 is 15.9 Å². The van der Waals surface area contributed by atoms with E-state index in [2.05, 4.69) is 21.2 Å². The van der Waals surface area contributed by atoms with E-state index in [0.29, 0.717) is 15.7 Å². The number of benzene rings is 2. The van der Waals surface area contributed by atoms with Gasteiger partial charge in [-0.3, -0.25) is 4.79 Å². The number of nitrogens with zero attached hydrogens (tertiary/aromatic N) is 1. The van der Waals surface area contributed by atoms with Crippen LogP contribution in [0.5, 0.6) is 11.5 Å². The standard InChI is InChI=1S/C19H17BrN2O3/c1-3-12-4-6-16(7-5-12)22-19(24)14(11-21)8-13-9-15(20)10-17(25-2)18(13)23/h4-10,23H,3H2,1-2H3,(H,22,24). The summed E-state index contributed by atoms with van der Waals surface area (Å²) in [6.45, 7) is 2.04. The minimum absolute atomic E-state index is 0.130. The molecule has 0 aromatic heterocycles. The number of aryl methyl sites for hydroxylation is 1. The van der Waals surface area contributed by atoms with E-state index in [-0.39, 0.29) is 17.1 Å². The summed E-state index contributed by atoms with van der Waals surface area (Å²) >= 11 is 3.30. The number of anilines is 1. The number of nitriles is 1. The molecule has 128 valence electrons. The molecule has 0 saturated heterocycles. The van der Waals surface area contributed by atoms with Crippen molar-refractivity contribution >= 4 is 33.6 Å². The van der Waals surface area contributed by atoms with Crippen LogP contribution in [0.15, 0.2) is 46.4 Å². The van der Waals surface area contributed by atoms with Crippen molar-refractivity contribution in [1.82, 2.24) is 0 Å². The van der Waals surface area contributed by atoms with Gasteiger partial charge in [0.1, 0.15) is 11.6 Å². The summed E-state index contributed by atoms with van der Waals surface area (Å²) in [5.41, 5.74) is 1.92. The van der Waals surface area contributed by atoms with Crippen molar-refractivity contribution in [3.63, 3.8) is 0 Å². The van der Waals surface area contributed by atoms with Crippen LogP contribution in [0.25, 0.3) is 6.08 Å². The molecule has 5 nitrogen and oxygen atoms in total. The molecule has 0 atom stereocenters.